The summed E-state index contributed by atoms with van der Waals surface area (Å²) >= 11 is 0. The molecule has 0 saturated heterocycles. The molecule has 32 heavy (non-hydrogen) atoms. The molecule has 0 atom stereocenters. The van der Waals surface area contributed by atoms with Crippen molar-refractivity contribution in [3.8, 4) is 17.0 Å². The average molecular weight is 458 g/mol. The Morgan fingerprint density at radius 1 is 1.00 bits per heavy atom. The molecule has 0 aliphatic rings. The van der Waals surface area contributed by atoms with Crippen LogP contribution in [0.15, 0.2) is 64.7 Å². The molecule has 4 aromatic rings. The van der Waals surface area contributed by atoms with Gasteiger partial charge in [-0.2, -0.15) is 0 Å². The highest BCUT2D eigenvalue weighted by atomic mass is 32.2. The Bertz CT molecular complexity index is 1500. The zero-order valence-corrected chi connectivity index (χ0v) is 17.7. The number of sulfonamides is 1. The van der Waals surface area contributed by atoms with Crippen LogP contribution in [-0.4, -0.2) is 29.9 Å². The van der Waals surface area contributed by atoms with Crippen LogP contribution in [0.1, 0.15) is 5.56 Å². The second kappa shape index (κ2) is 8.00. The summed E-state index contributed by atoms with van der Waals surface area (Å²) in [6, 6.07) is 6.73. The van der Waals surface area contributed by atoms with Gasteiger partial charge < -0.3 is 4.74 Å². The standard InChI is InChI=1S/C21H16F2N4O4S/c1-12-9-24-19-4-3-13(11-27(19)21(12)28)14-5-18(20(31-2)25-10-14)26-32(29,30)17-7-15(22)6-16(23)8-17/h3-11,26H,1-2H3. The highest BCUT2D eigenvalue weighted by Gasteiger charge is 2.20. The summed E-state index contributed by atoms with van der Waals surface area (Å²) in [6.07, 6.45) is 4.48. The zero-order valence-electron chi connectivity index (χ0n) is 16.8. The normalized spacial score (nSPS) is 11.5. The van der Waals surface area contributed by atoms with E-state index in [9.17, 15) is 22.0 Å². The molecule has 0 saturated carbocycles. The van der Waals surface area contributed by atoms with Crippen LogP contribution in [0, 0.1) is 18.6 Å². The fraction of sp³-hybridized carbons (Fsp3) is 0.0952. The Kier molecular flexibility index (Phi) is 5.35. The number of aromatic nitrogens is 3. The van der Waals surface area contributed by atoms with Gasteiger partial charge in [0.25, 0.3) is 15.6 Å². The summed E-state index contributed by atoms with van der Waals surface area (Å²) in [6.45, 7) is 1.64. The number of fused-ring (bicyclic) bond motifs is 1. The van der Waals surface area contributed by atoms with Gasteiger partial charge in [0.15, 0.2) is 0 Å². The van der Waals surface area contributed by atoms with Crippen LogP contribution in [0.2, 0.25) is 0 Å². The first-order valence-corrected chi connectivity index (χ1v) is 10.7. The van der Waals surface area contributed by atoms with Crippen molar-refractivity contribution in [1.29, 1.82) is 0 Å². The Labute approximate surface area is 181 Å². The minimum absolute atomic E-state index is 0.0512. The summed E-state index contributed by atoms with van der Waals surface area (Å²) in [7, 11) is -3.05. The van der Waals surface area contributed by atoms with Crippen molar-refractivity contribution in [3.05, 3.63) is 82.5 Å². The predicted octanol–water partition coefficient (Wildman–Crippen LogP) is 3.15. The highest BCUT2D eigenvalue weighted by Crippen LogP contribution is 2.30. The second-order valence-electron chi connectivity index (χ2n) is 6.88. The van der Waals surface area contributed by atoms with Crippen LogP contribution in [-0.2, 0) is 10.0 Å². The number of anilines is 1. The summed E-state index contributed by atoms with van der Waals surface area (Å²) in [5.74, 6) is -2.12. The lowest BCUT2D eigenvalue weighted by atomic mass is 10.1. The third kappa shape index (κ3) is 4.02. The van der Waals surface area contributed by atoms with Crippen molar-refractivity contribution in [1.82, 2.24) is 14.4 Å². The van der Waals surface area contributed by atoms with Crippen LogP contribution in [0.4, 0.5) is 14.5 Å². The first-order valence-electron chi connectivity index (χ1n) is 9.19. The fourth-order valence-corrected chi connectivity index (χ4v) is 4.16. The van der Waals surface area contributed by atoms with Gasteiger partial charge in [-0.25, -0.2) is 27.2 Å². The molecule has 3 heterocycles. The van der Waals surface area contributed by atoms with Gasteiger partial charge in [0.2, 0.25) is 5.88 Å². The van der Waals surface area contributed by atoms with Crippen LogP contribution < -0.4 is 15.0 Å². The molecular weight excluding hydrogens is 442 g/mol. The maximum atomic E-state index is 13.5. The number of nitrogens with one attached hydrogen (secondary N) is 1. The van der Waals surface area contributed by atoms with Crippen molar-refractivity contribution in [3.63, 3.8) is 0 Å². The summed E-state index contributed by atoms with van der Waals surface area (Å²) < 4.78 is 61.2. The van der Waals surface area contributed by atoms with Crippen molar-refractivity contribution in [2.75, 3.05) is 11.8 Å². The SMILES string of the molecule is COc1ncc(-c2ccc3ncc(C)c(=O)n3c2)cc1NS(=O)(=O)c1cc(F)cc(F)c1. The lowest BCUT2D eigenvalue weighted by Gasteiger charge is -2.13. The number of methoxy groups -OCH3 is 1. The summed E-state index contributed by atoms with van der Waals surface area (Å²) in [4.78, 5) is 20.1. The lowest BCUT2D eigenvalue weighted by molar-refractivity contribution is 0.400. The Morgan fingerprint density at radius 2 is 1.72 bits per heavy atom. The third-order valence-electron chi connectivity index (χ3n) is 4.64. The number of hydrogen-bond acceptors (Lipinski definition) is 6. The number of rotatable bonds is 5. The number of nitrogens with zero attached hydrogens (tertiary/aromatic N) is 3. The molecule has 4 rings (SSSR count). The number of halogens is 2. The van der Waals surface area contributed by atoms with E-state index in [1.165, 1.54) is 30.0 Å². The molecule has 0 aliphatic carbocycles. The minimum atomic E-state index is -4.35. The van der Waals surface area contributed by atoms with E-state index >= 15 is 0 Å². The molecule has 0 amide bonds. The molecule has 0 spiro atoms. The molecule has 8 nitrogen and oxygen atoms in total. The third-order valence-corrected chi connectivity index (χ3v) is 5.99. The van der Waals surface area contributed by atoms with Gasteiger partial charge in [-0.05, 0) is 37.3 Å². The lowest BCUT2D eigenvalue weighted by Crippen LogP contribution is -2.17. The molecule has 0 fully saturated rings. The van der Waals surface area contributed by atoms with E-state index < -0.39 is 26.6 Å². The van der Waals surface area contributed by atoms with E-state index in [1.54, 1.807) is 25.3 Å². The molecule has 1 aromatic carbocycles. The maximum Gasteiger partial charge on any atom is 0.262 e. The topological polar surface area (TPSA) is 103 Å². The van der Waals surface area contributed by atoms with Gasteiger partial charge in [0.1, 0.15) is 23.0 Å². The average Bonchev–Trinajstić information content (AvgIpc) is 2.75. The van der Waals surface area contributed by atoms with Gasteiger partial charge in [-0.3, -0.25) is 13.9 Å². The molecule has 11 heteroatoms. The van der Waals surface area contributed by atoms with E-state index in [2.05, 4.69) is 14.7 Å². The molecule has 0 bridgehead atoms. The molecule has 1 N–H and O–H groups in total. The van der Waals surface area contributed by atoms with E-state index in [1.807, 2.05) is 0 Å². The largest absolute Gasteiger partial charge is 0.480 e. The highest BCUT2D eigenvalue weighted by molar-refractivity contribution is 7.92. The second-order valence-corrected chi connectivity index (χ2v) is 8.57. The molecule has 0 unspecified atom stereocenters. The predicted molar refractivity (Wildman–Crippen MR) is 113 cm³/mol. The van der Waals surface area contributed by atoms with Crippen LogP contribution in [0.25, 0.3) is 16.8 Å². The van der Waals surface area contributed by atoms with Crippen LogP contribution >= 0.6 is 0 Å². The van der Waals surface area contributed by atoms with Crippen LogP contribution in [0.5, 0.6) is 5.88 Å². The van der Waals surface area contributed by atoms with E-state index in [0.29, 0.717) is 40.5 Å². The van der Waals surface area contributed by atoms with Gasteiger partial charge >= 0.3 is 0 Å². The van der Waals surface area contributed by atoms with Crippen molar-refractivity contribution in [2.45, 2.75) is 11.8 Å². The first-order chi connectivity index (χ1) is 15.2. The maximum absolute atomic E-state index is 13.5. The number of ether oxygens (including phenoxy) is 1. The Morgan fingerprint density at radius 3 is 2.41 bits per heavy atom. The summed E-state index contributed by atoms with van der Waals surface area (Å²) in [5, 5.41) is 0. The number of hydrogen-bond donors (Lipinski definition) is 1. The van der Waals surface area contributed by atoms with Gasteiger partial charge in [-0.1, -0.05) is 0 Å². The van der Waals surface area contributed by atoms with Gasteiger partial charge in [0.05, 0.1) is 12.0 Å². The van der Waals surface area contributed by atoms with Crippen molar-refractivity contribution < 1.29 is 21.9 Å². The van der Waals surface area contributed by atoms with E-state index in [-0.39, 0.29) is 17.1 Å². The van der Waals surface area contributed by atoms with Gasteiger partial charge in [-0.15, -0.1) is 0 Å². The van der Waals surface area contributed by atoms with E-state index in [4.69, 9.17) is 4.74 Å². The number of aryl methyl sites for hydroxylation is 1. The smallest absolute Gasteiger partial charge is 0.262 e. The Balaban J connectivity index is 1.79. The quantitative estimate of drug-likeness (QED) is 0.493. The monoisotopic (exact) mass is 458 g/mol. The fourth-order valence-electron chi connectivity index (χ4n) is 3.07. The molecule has 3 aromatic heterocycles. The number of benzene rings is 1. The number of pyridine rings is 2. The van der Waals surface area contributed by atoms with Crippen molar-refractivity contribution in [2.24, 2.45) is 0 Å². The van der Waals surface area contributed by atoms with Gasteiger partial charge in [0, 0.05) is 41.3 Å². The molecule has 164 valence electrons. The molecular formula is C21H16F2N4O4S. The van der Waals surface area contributed by atoms with E-state index in [0.717, 1.165) is 0 Å². The first kappa shape index (κ1) is 21.4. The van der Waals surface area contributed by atoms with Crippen molar-refractivity contribution >= 4 is 21.4 Å². The summed E-state index contributed by atoms with van der Waals surface area (Å²) in [5.41, 5.74) is 1.63. The molecule has 0 radical (unpaired) electrons. The minimum Gasteiger partial charge on any atom is -0.480 e. The van der Waals surface area contributed by atoms with Crippen LogP contribution in [0.3, 0.4) is 0 Å². The Hall–Kier alpha value is -3.86. The molecule has 0 aliphatic heterocycles. The zero-order chi connectivity index (χ0) is 23.0.